The van der Waals surface area contributed by atoms with Gasteiger partial charge < -0.3 is 10.0 Å². The van der Waals surface area contributed by atoms with Crippen molar-refractivity contribution in [1.82, 2.24) is 10.2 Å². The predicted molar refractivity (Wildman–Crippen MR) is 75.2 cm³/mol. The molecule has 0 aromatic heterocycles. The summed E-state index contributed by atoms with van der Waals surface area (Å²) in [6, 6.07) is 6.99. The van der Waals surface area contributed by atoms with E-state index < -0.39 is 12.0 Å². The summed E-state index contributed by atoms with van der Waals surface area (Å²) in [5, 5.41) is 12.3. The second-order valence-corrected chi connectivity index (χ2v) is 5.18. The summed E-state index contributed by atoms with van der Waals surface area (Å²) in [6.45, 7) is 1.46. The molecule has 0 aliphatic heterocycles. The van der Waals surface area contributed by atoms with E-state index in [9.17, 15) is 9.90 Å². The SMILES string of the molecule is CSc1ccc(C(NCCN(C)C)C(=O)O)cc1. The molecular formula is C13H20N2O2S. The molecule has 1 rings (SSSR count). The van der Waals surface area contributed by atoms with Crippen molar-refractivity contribution in [1.29, 1.82) is 0 Å². The van der Waals surface area contributed by atoms with Crippen molar-refractivity contribution in [3.8, 4) is 0 Å². The van der Waals surface area contributed by atoms with Crippen LogP contribution in [0.4, 0.5) is 0 Å². The lowest BCUT2D eigenvalue weighted by Gasteiger charge is -2.17. The van der Waals surface area contributed by atoms with Crippen LogP contribution in [0.2, 0.25) is 0 Å². The van der Waals surface area contributed by atoms with E-state index in [-0.39, 0.29) is 0 Å². The number of nitrogens with zero attached hydrogens (tertiary/aromatic N) is 1. The molecule has 0 aliphatic carbocycles. The fraction of sp³-hybridized carbons (Fsp3) is 0.462. The molecule has 1 aromatic rings. The number of thioether (sulfide) groups is 1. The molecule has 0 fully saturated rings. The average molecular weight is 268 g/mol. The highest BCUT2D eigenvalue weighted by atomic mass is 32.2. The fourth-order valence-electron chi connectivity index (χ4n) is 1.58. The first-order valence-corrected chi connectivity index (χ1v) is 7.02. The van der Waals surface area contributed by atoms with Crippen LogP contribution in [-0.2, 0) is 4.79 Å². The number of aliphatic carboxylic acids is 1. The Kier molecular flexibility index (Phi) is 6.18. The van der Waals surface area contributed by atoms with Crippen LogP contribution in [-0.4, -0.2) is 49.4 Å². The Bertz CT molecular complexity index is 379. The van der Waals surface area contributed by atoms with E-state index in [4.69, 9.17) is 0 Å². The van der Waals surface area contributed by atoms with Gasteiger partial charge in [-0.15, -0.1) is 11.8 Å². The molecule has 0 amide bonds. The molecule has 1 atom stereocenters. The zero-order valence-corrected chi connectivity index (χ0v) is 11.8. The molecule has 0 heterocycles. The number of rotatable bonds is 7. The number of hydrogen-bond donors (Lipinski definition) is 2. The normalized spacial score (nSPS) is 12.7. The number of nitrogens with one attached hydrogen (secondary N) is 1. The van der Waals surface area contributed by atoms with Gasteiger partial charge in [-0.3, -0.25) is 10.1 Å². The monoisotopic (exact) mass is 268 g/mol. The van der Waals surface area contributed by atoms with Crippen LogP contribution >= 0.6 is 11.8 Å². The van der Waals surface area contributed by atoms with Crippen molar-refractivity contribution >= 4 is 17.7 Å². The molecule has 2 N–H and O–H groups in total. The van der Waals surface area contributed by atoms with Crippen LogP contribution < -0.4 is 5.32 Å². The molecular weight excluding hydrogens is 248 g/mol. The summed E-state index contributed by atoms with van der Waals surface area (Å²) in [5.41, 5.74) is 0.791. The maximum absolute atomic E-state index is 11.2. The predicted octanol–water partition coefficient (Wildman–Crippen LogP) is 1.69. The van der Waals surface area contributed by atoms with E-state index in [0.717, 1.165) is 17.0 Å². The van der Waals surface area contributed by atoms with Gasteiger partial charge in [-0.05, 0) is 38.0 Å². The highest BCUT2D eigenvalue weighted by molar-refractivity contribution is 7.98. The van der Waals surface area contributed by atoms with Gasteiger partial charge in [-0.2, -0.15) is 0 Å². The first kappa shape index (κ1) is 15.0. The quantitative estimate of drug-likeness (QED) is 0.737. The molecule has 1 aromatic carbocycles. The van der Waals surface area contributed by atoms with E-state index in [0.29, 0.717) is 6.54 Å². The lowest BCUT2D eigenvalue weighted by Crippen LogP contribution is -2.33. The lowest BCUT2D eigenvalue weighted by atomic mass is 10.1. The molecule has 5 heteroatoms. The van der Waals surface area contributed by atoms with Gasteiger partial charge in [0.15, 0.2) is 0 Å². The molecule has 0 saturated heterocycles. The average Bonchev–Trinajstić information content (AvgIpc) is 2.34. The van der Waals surface area contributed by atoms with E-state index in [2.05, 4.69) is 5.32 Å². The van der Waals surface area contributed by atoms with Crippen LogP contribution in [0.1, 0.15) is 11.6 Å². The van der Waals surface area contributed by atoms with Gasteiger partial charge in [0.25, 0.3) is 0 Å². The van der Waals surface area contributed by atoms with Crippen LogP contribution in [0.5, 0.6) is 0 Å². The van der Waals surface area contributed by atoms with E-state index in [1.54, 1.807) is 11.8 Å². The van der Waals surface area contributed by atoms with Crippen LogP contribution in [0.3, 0.4) is 0 Å². The Balaban J connectivity index is 2.68. The van der Waals surface area contributed by atoms with Crippen molar-refractivity contribution in [3.05, 3.63) is 29.8 Å². The number of carboxylic acid groups (broad SMARTS) is 1. The Morgan fingerprint density at radius 1 is 1.39 bits per heavy atom. The lowest BCUT2D eigenvalue weighted by molar-refractivity contribution is -0.139. The second kappa shape index (κ2) is 7.41. The van der Waals surface area contributed by atoms with Crippen molar-refractivity contribution in [3.63, 3.8) is 0 Å². The highest BCUT2D eigenvalue weighted by Crippen LogP contribution is 2.19. The molecule has 0 bridgehead atoms. The Morgan fingerprint density at radius 3 is 2.44 bits per heavy atom. The van der Waals surface area contributed by atoms with Crippen LogP contribution in [0.15, 0.2) is 29.2 Å². The summed E-state index contributed by atoms with van der Waals surface area (Å²) < 4.78 is 0. The number of benzene rings is 1. The third-order valence-electron chi connectivity index (χ3n) is 2.60. The van der Waals surface area contributed by atoms with Gasteiger partial charge in [0.2, 0.25) is 0 Å². The fourth-order valence-corrected chi connectivity index (χ4v) is 1.98. The van der Waals surface area contributed by atoms with Gasteiger partial charge >= 0.3 is 5.97 Å². The minimum absolute atomic E-state index is 0.638. The molecule has 0 spiro atoms. The summed E-state index contributed by atoms with van der Waals surface area (Å²) >= 11 is 1.64. The maximum atomic E-state index is 11.2. The van der Waals surface area contributed by atoms with Crippen molar-refractivity contribution < 1.29 is 9.90 Å². The summed E-state index contributed by atoms with van der Waals surface area (Å²) in [6.07, 6.45) is 2.00. The van der Waals surface area contributed by atoms with E-state index in [1.165, 1.54) is 0 Å². The van der Waals surface area contributed by atoms with E-state index in [1.807, 2.05) is 49.5 Å². The van der Waals surface area contributed by atoms with E-state index >= 15 is 0 Å². The second-order valence-electron chi connectivity index (χ2n) is 4.30. The van der Waals surface area contributed by atoms with Gasteiger partial charge in [0.05, 0.1) is 0 Å². The zero-order valence-electron chi connectivity index (χ0n) is 11.0. The maximum Gasteiger partial charge on any atom is 0.325 e. The van der Waals surface area contributed by atoms with Crippen LogP contribution in [0, 0.1) is 0 Å². The highest BCUT2D eigenvalue weighted by Gasteiger charge is 2.18. The number of hydrogen-bond acceptors (Lipinski definition) is 4. The topological polar surface area (TPSA) is 52.6 Å². The molecule has 0 saturated carbocycles. The molecule has 4 nitrogen and oxygen atoms in total. The Hall–Kier alpha value is -1.04. The molecule has 18 heavy (non-hydrogen) atoms. The first-order valence-electron chi connectivity index (χ1n) is 5.79. The Morgan fingerprint density at radius 2 is 2.00 bits per heavy atom. The molecule has 0 radical (unpaired) electrons. The van der Waals surface area contributed by atoms with Gasteiger partial charge in [0, 0.05) is 18.0 Å². The molecule has 0 aliphatic rings. The summed E-state index contributed by atoms with van der Waals surface area (Å²) in [5.74, 6) is -0.842. The van der Waals surface area contributed by atoms with Crippen LogP contribution in [0.25, 0.3) is 0 Å². The van der Waals surface area contributed by atoms with Crippen molar-refractivity contribution in [2.75, 3.05) is 33.4 Å². The smallest absolute Gasteiger partial charge is 0.325 e. The van der Waals surface area contributed by atoms with Gasteiger partial charge in [-0.25, -0.2) is 0 Å². The van der Waals surface area contributed by atoms with Crippen molar-refractivity contribution in [2.45, 2.75) is 10.9 Å². The summed E-state index contributed by atoms with van der Waals surface area (Å²) in [7, 11) is 3.93. The minimum Gasteiger partial charge on any atom is -0.480 e. The standard InChI is InChI=1S/C13H20N2O2S/c1-15(2)9-8-14-12(13(16)17)10-4-6-11(18-3)7-5-10/h4-7,12,14H,8-9H2,1-3H3,(H,16,17). The van der Waals surface area contributed by atoms with Crippen molar-refractivity contribution in [2.24, 2.45) is 0 Å². The van der Waals surface area contributed by atoms with Gasteiger partial charge in [0.1, 0.15) is 6.04 Å². The molecule has 1 unspecified atom stereocenters. The Labute approximate surface area is 112 Å². The first-order chi connectivity index (χ1) is 8.54. The number of likely N-dealkylation sites (N-methyl/N-ethyl adjacent to an activating group) is 1. The number of carbonyl (C=O) groups is 1. The third kappa shape index (κ3) is 4.68. The third-order valence-corrected chi connectivity index (χ3v) is 3.35. The molecule has 100 valence electrons. The zero-order chi connectivity index (χ0) is 13.5. The summed E-state index contributed by atoms with van der Waals surface area (Å²) in [4.78, 5) is 14.4. The number of carboxylic acids is 1. The minimum atomic E-state index is -0.842. The largest absolute Gasteiger partial charge is 0.480 e. The van der Waals surface area contributed by atoms with Gasteiger partial charge in [-0.1, -0.05) is 12.1 Å².